The quantitative estimate of drug-likeness (QED) is 0.800. The van der Waals surface area contributed by atoms with E-state index in [0.717, 1.165) is 11.3 Å². The van der Waals surface area contributed by atoms with E-state index >= 15 is 0 Å². The molecule has 0 radical (unpaired) electrons. The lowest BCUT2D eigenvalue weighted by molar-refractivity contribution is 0.199. The maximum Gasteiger partial charge on any atom is 0.325 e. The Balaban J connectivity index is 1.94. The molecule has 0 bridgehead atoms. The van der Waals surface area contributed by atoms with Crippen LogP contribution in [0.1, 0.15) is 44.1 Å². The molecule has 1 unspecified atom stereocenters. The molecule has 2 aromatic rings. The van der Waals surface area contributed by atoms with Gasteiger partial charge in [-0.15, -0.1) is 11.3 Å². The summed E-state index contributed by atoms with van der Waals surface area (Å²) in [5.74, 6) is 0.341. The van der Waals surface area contributed by atoms with Gasteiger partial charge in [-0.1, -0.05) is 26.0 Å². The first kappa shape index (κ1) is 15.5. The zero-order chi connectivity index (χ0) is 15.4. The number of anilines is 2. The van der Waals surface area contributed by atoms with Gasteiger partial charge in [0.05, 0.1) is 11.8 Å². The number of hydrogen-bond donors (Lipinski definition) is 3. The molecular formula is C15H19N3O2S. The topological polar surface area (TPSA) is 74.2 Å². The maximum atomic E-state index is 11.9. The van der Waals surface area contributed by atoms with Crippen LogP contribution in [0.3, 0.4) is 0 Å². The number of urea groups is 1. The summed E-state index contributed by atoms with van der Waals surface area (Å²) in [6, 6.07) is 6.73. The Kier molecular flexibility index (Phi) is 4.93. The summed E-state index contributed by atoms with van der Waals surface area (Å²) in [6.07, 6.45) is -0.516. The van der Waals surface area contributed by atoms with Crippen LogP contribution in [0.15, 0.2) is 29.6 Å². The normalized spacial score (nSPS) is 12.2. The molecule has 0 saturated carbocycles. The predicted octanol–water partition coefficient (Wildman–Crippen LogP) is 3.96. The Morgan fingerprint density at radius 3 is 2.38 bits per heavy atom. The van der Waals surface area contributed by atoms with E-state index in [1.54, 1.807) is 31.2 Å². The van der Waals surface area contributed by atoms with Gasteiger partial charge in [0.1, 0.15) is 0 Å². The second-order valence-electron chi connectivity index (χ2n) is 5.11. The van der Waals surface area contributed by atoms with Crippen molar-refractivity contribution < 1.29 is 9.90 Å². The molecule has 1 heterocycles. The molecule has 5 nitrogen and oxygen atoms in total. The van der Waals surface area contributed by atoms with Crippen LogP contribution in [0.4, 0.5) is 15.6 Å². The molecule has 0 fully saturated rings. The lowest BCUT2D eigenvalue weighted by atomic mass is 10.1. The summed E-state index contributed by atoms with van der Waals surface area (Å²) in [5.41, 5.74) is 2.44. The van der Waals surface area contributed by atoms with E-state index in [1.165, 1.54) is 11.3 Å². The van der Waals surface area contributed by atoms with E-state index in [0.29, 0.717) is 16.7 Å². The highest BCUT2D eigenvalue weighted by Crippen LogP contribution is 2.21. The first-order chi connectivity index (χ1) is 9.95. The fourth-order valence-corrected chi connectivity index (χ4v) is 2.58. The van der Waals surface area contributed by atoms with E-state index in [4.69, 9.17) is 0 Å². The number of rotatable bonds is 4. The third-order valence-corrected chi connectivity index (χ3v) is 3.76. The molecule has 1 atom stereocenters. The van der Waals surface area contributed by atoms with Crippen molar-refractivity contribution in [2.75, 3.05) is 10.6 Å². The van der Waals surface area contributed by atoms with Gasteiger partial charge in [-0.05, 0) is 30.5 Å². The lowest BCUT2D eigenvalue weighted by Gasteiger charge is -2.08. The Morgan fingerprint density at radius 2 is 1.86 bits per heavy atom. The molecule has 0 spiro atoms. The number of carbonyl (C=O) groups is 1. The van der Waals surface area contributed by atoms with Gasteiger partial charge in [0.15, 0.2) is 5.13 Å². The van der Waals surface area contributed by atoms with Gasteiger partial charge in [0, 0.05) is 11.1 Å². The summed E-state index contributed by atoms with van der Waals surface area (Å²) >= 11 is 1.41. The first-order valence-electron chi connectivity index (χ1n) is 6.77. The minimum absolute atomic E-state index is 0.329. The van der Waals surface area contributed by atoms with Crippen molar-refractivity contribution in [1.82, 2.24) is 4.98 Å². The smallest absolute Gasteiger partial charge is 0.325 e. The van der Waals surface area contributed by atoms with Gasteiger partial charge in [0.2, 0.25) is 0 Å². The molecule has 112 valence electrons. The maximum absolute atomic E-state index is 11.9. The first-order valence-corrected chi connectivity index (χ1v) is 7.65. The third kappa shape index (κ3) is 4.27. The zero-order valence-electron chi connectivity index (χ0n) is 12.3. The number of aliphatic hydroxyl groups excluding tert-OH is 1. The second-order valence-corrected chi connectivity index (χ2v) is 5.97. The number of hydrogen-bond acceptors (Lipinski definition) is 4. The zero-order valence-corrected chi connectivity index (χ0v) is 13.1. The molecule has 0 aliphatic rings. The number of carbonyl (C=O) groups excluding carboxylic acids is 1. The van der Waals surface area contributed by atoms with Crippen molar-refractivity contribution in [2.24, 2.45) is 0 Å². The molecule has 6 heteroatoms. The van der Waals surface area contributed by atoms with Crippen LogP contribution in [0.2, 0.25) is 0 Å². The average molecular weight is 305 g/mol. The number of aromatic nitrogens is 1. The molecule has 2 amide bonds. The lowest BCUT2D eigenvalue weighted by Crippen LogP contribution is -2.19. The van der Waals surface area contributed by atoms with Gasteiger partial charge in [0.25, 0.3) is 0 Å². The van der Waals surface area contributed by atoms with Crippen LogP contribution in [0.5, 0.6) is 0 Å². The molecule has 0 aliphatic carbocycles. The van der Waals surface area contributed by atoms with E-state index in [-0.39, 0.29) is 6.03 Å². The van der Waals surface area contributed by atoms with E-state index in [1.807, 2.05) is 5.38 Å². The van der Waals surface area contributed by atoms with Crippen molar-refractivity contribution in [3.05, 3.63) is 40.9 Å². The van der Waals surface area contributed by atoms with Gasteiger partial charge in [-0.2, -0.15) is 0 Å². The summed E-state index contributed by atoms with van der Waals surface area (Å²) in [5, 5.41) is 17.4. The second kappa shape index (κ2) is 6.69. The molecule has 3 N–H and O–H groups in total. The van der Waals surface area contributed by atoms with Crippen LogP contribution >= 0.6 is 11.3 Å². The SMILES string of the molecule is CC(C)c1csc(NC(=O)Nc2ccc(C(C)O)cc2)n1. The number of aliphatic hydroxyl groups is 1. The molecule has 1 aromatic carbocycles. The fourth-order valence-electron chi connectivity index (χ4n) is 1.71. The molecule has 2 rings (SSSR count). The Hall–Kier alpha value is -1.92. The van der Waals surface area contributed by atoms with Crippen molar-refractivity contribution in [2.45, 2.75) is 32.8 Å². The van der Waals surface area contributed by atoms with Crippen molar-refractivity contribution in [3.8, 4) is 0 Å². The molecule has 1 aromatic heterocycles. The van der Waals surface area contributed by atoms with Crippen LogP contribution in [-0.4, -0.2) is 16.1 Å². The standard InChI is InChI=1S/C15H19N3O2S/c1-9(2)13-8-21-15(17-13)18-14(20)16-12-6-4-11(5-7-12)10(3)19/h4-10,19H,1-3H3,(H2,16,17,18,20). The monoisotopic (exact) mass is 305 g/mol. The van der Waals surface area contributed by atoms with Crippen molar-refractivity contribution in [1.29, 1.82) is 0 Å². The molecule has 21 heavy (non-hydrogen) atoms. The number of benzene rings is 1. The Morgan fingerprint density at radius 1 is 1.19 bits per heavy atom. The molecule has 0 aliphatic heterocycles. The van der Waals surface area contributed by atoms with E-state index in [9.17, 15) is 9.90 Å². The minimum Gasteiger partial charge on any atom is -0.389 e. The summed E-state index contributed by atoms with van der Waals surface area (Å²) < 4.78 is 0. The fraction of sp³-hybridized carbons (Fsp3) is 0.333. The predicted molar refractivity (Wildman–Crippen MR) is 85.9 cm³/mol. The van der Waals surface area contributed by atoms with Gasteiger partial charge >= 0.3 is 6.03 Å². The van der Waals surface area contributed by atoms with E-state index < -0.39 is 6.10 Å². The van der Waals surface area contributed by atoms with Crippen LogP contribution in [-0.2, 0) is 0 Å². The Bertz CT molecular complexity index is 606. The third-order valence-electron chi connectivity index (χ3n) is 2.98. The molecular weight excluding hydrogens is 286 g/mol. The van der Waals surface area contributed by atoms with Crippen LogP contribution in [0, 0.1) is 0 Å². The van der Waals surface area contributed by atoms with Gasteiger partial charge in [-0.3, -0.25) is 5.32 Å². The number of nitrogens with zero attached hydrogens (tertiary/aromatic N) is 1. The minimum atomic E-state index is -0.516. The summed E-state index contributed by atoms with van der Waals surface area (Å²) in [4.78, 5) is 16.2. The number of thiazole rings is 1. The number of nitrogens with one attached hydrogen (secondary N) is 2. The Labute approximate surface area is 128 Å². The largest absolute Gasteiger partial charge is 0.389 e. The highest BCUT2D eigenvalue weighted by Gasteiger charge is 2.09. The highest BCUT2D eigenvalue weighted by molar-refractivity contribution is 7.13. The highest BCUT2D eigenvalue weighted by atomic mass is 32.1. The number of amides is 2. The van der Waals surface area contributed by atoms with Gasteiger partial charge < -0.3 is 10.4 Å². The van der Waals surface area contributed by atoms with Crippen molar-refractivity contribution >= 4 is 28.2 Å². The molecule has 0 saturated heterocycles. The summed E-state index contributed by atoms with van der Waals surface area (Å²) in [6.45, 7) is 5.81. The van der Waals surface area contributed by atoms with Crippen LogP contribution < -0.4 is 10.6 Å². The average Bonchev–Trinajstić information content (AvgIpc) is 2.87. The van der Waals surface area contributed by atoms with Crippen molar-refractivity contribution in [3.63, 3.8) is 0 Å². The van der Waals surface area contributed by atoms with E-state index in [2.05, 4.69) is 29.5 Å². The van der Waals surface area contributed by atoms with Crippen LogP contribution in [0.25, 0.3) is 0 Å². The summed E-state index contributed by atoms with van der Waals surface area (Å²) in [7, 11) is 0. The van der Waals surface area contributed by atoms with Gasteiger partial charge in [-0.25, -0.2) is 9.78 Å².